The van der Waals surface area contributed by atoms with Crippen molar-refractivity contribution in [3.8, 4) is 0 Å². The standard InChI is InChI=1S/C16H23NO3S/c1-21-10-8-14(18)16(19)17-11-13-7-9-20-15(13)12-5-3-2-4-6-12/h2-6,13-15,18H,7-11H2,1H3,(H,17,19)/t13-,14+,15-/m0/s1. The second-order valence-electron chi connectivity index (χ2n) is 5.29. The number of aliphatic hydroxyl groups is 1. The minimum Gasteiger partial charge on any atom is -0.383 e. The second-order valence-corrected chi connectivity index (χ2v) is 6.28. The molecule has 116 valence electrons. The van der Waals surface area contributed by atoms with Crippen molar-refractivity contribution in [3.05, 3.63) is 35.9 Å². The molecule has 1 aromatic carbocycles. The lowest BCUT2D eigenvalue weighted by Crippen LogP contribution is -2.38. The molecule has 0 aliphatic carbocycles. The number of rotatable bonds is 7. The Bertz CT molecular complexity index is 440. The van der Waals surface area contributed by atoms with E-state index in [0.717, 1.165) is 24.3 Å². The minimum atomic E-state index is -0.907. The predicted molar refractivity (Wildman–Crippen MR) is 85.3 cm³/mol. The summed E-state index contributed by atoms with van der Waals surface area (Å²) in [5, 5.41) is 12.6. The Balaban J connectivity index is 1.83. The van der Waals surface area contributed by atoms with Crippen LogP contribution in [0.5, 0.6) is 0 Å². The van der Waals surface area contributed by atoms with Gasteiger partial charge in [0.1, 0.15) is 6.10 Å². The Kier molecular flexibility index (Phi) is 6.54. The van der Waals surface area contributed by atoms with Crippen LogP contribution in [0, 0.1) is 5.92 Å². The normalized spacial score (nSPS) is 23.0. The summed E-state index contributed by atoms with van der Waals surface area (Å²) < 4.78 is 5.79. The van der Waals surface area contributed by atoms with Gasteiger partial charge in [-0.1, -0.05) is 30.3 Å². The number of ether oxygens (including phenoxy) is 1. The Hall–Kier alpha value is -1.04. The van der Waals surface area contributed by atoms with Crippen LogP contribution in [0.1, 0.15) is 24.5 Å². The highest BCUT2D eigenvalue weighted by Gasteiger charge is 2.30. The largest absolute Gasteiger partial charge is 0.383 e. The van der Waals surface area contributed by atoms with Gasteiger partial charge in [0.25, 0.3) is 0 Å². The van der Waals surface area contributed by atoms with Gasteiger partial charge in [0.05, 0.1) is 6.10 Å². The summed E-state index contributed by atoms with van der Waals surface area (Å²) in [5.74, 6) is 0.778. The molecule has 0 unspecified atom stereocenters. The van der Waals surface area contributed by atoms with Crippen molar-refractivity contribution in [2.45, 2.75) is 25.0 Å². The molecule has 1 amide bonds. The van der Waals surface area contributed by atoms with Crippen LogP contribution in [0.4, 0.5) is 0 Å². The molecule has 1 aliphatic heterocycles. The highest BCUT2D eigenvalue weighted by molar-refractivity contribution is 7.98. The summed E-state index contributed by atoms with van der Waals surface area (Å²) >= 11 is 1.63. The lowest BCUT2D eigenvalue weighted by atomic mass is 9.95. The second kappa shape index (κ2) is 8.41. The molecule has 0 bridgehead atoms. The Morgan fingerprint density at radius 2 is 2.24 bits per heavy atom. The topological polar surface area (TPSA) is 58.6 Å². The average Bonchev–Trinajstić information content (AvgIpc) is 2.99. The Morgan fingerprint density at radius 3 is 2.95 bits per heavy atom. The van der Waals surface area contributed by atoms with E-state index >= 15 is 0 Å². The number of thioether (sulfide) groups is 1. The fourth-order valence-electron chi connectivity index (χ4n) is 2.56. The van der Waals surface area contributed by atoms with Gasteiger partial charge in [0.15, 0.2) is 0 Å². The fraction of sp³-hybridized carbons (Fsp3) is 0.562. The van der Waals surface area contributed by atoms with Gasteiger partial charge in [0, 0.05) is 19.1 Å². The Labute approximate surface area is 130 Å². The molecule has 0 radical (unpaired) electrons. The van der Waals surface area contributed by atoms with E-state index in [2.05, 4.69) is 17.4 Å². The highest BCUT2D eigenvalue weighted by atomic mass is 32.2. The van der Waals surface area contributed by atoms with E-state index < -0.39 is 6.10 Å². The molecule has 1 aliphatic rings. The van der Waals surface area contributed by atoms with Gasteiger partial charge >= 0.3 is 0 Å². The SMILES string of the molecule is CSCC[C@@H](O)C(=O)NC[C@@H]1CCO[C@H]1c1ccccc1. The van der Waals surface area contributed by atoms with Crippen LogP contribution in [0.3, 0.4) is 0 Å². The molecule has 21 heavy (non-hydrogen) atoms. The third-order valence-electron chi connectivity index (χ3n) is 3.78. The molecule has 4 nitrogen and oxygen atoms in total. The number of carbonyl (C=O) groups is 1. The third kappa shape index (κ3) is 4.73. The Morgan fingerprint density at radius 1 is 1.48 bits per heavy atom. The van der Waals surface area contributed by atoms with E-state index in [4.69, 9.17) is 4.74 Å². The van der Waals surface area contributed by atoms with Crippen molar-refractivity contribution < 1.29 is 14.6 Å². The zero-order valence-electron chi connectivity index (χ0n) is 12.3. The summed E-state index contributed by atoms with van der Waals surface area (Å²) in [7, 11) is 0. The van der Waals surface area contributed by atoms with Gasteiger partial charge in [-0.3, -0.25) is 4.79 Å². The molecule has 0 aromatic heterocycles. The van der Waals surface area contributed by atoms with E-state index in [1.54, 1.807) is 11.8 Å². The third-order valence-corrected chi connectivity index (χ3v) is 4.42. The van der Waals surface area contributed by atoms with Crippen LogP contribution in [0.15, 0.2) is 30.3 Å². The maximum Gasteiger partial charge on any atom is 0.248 e. The molecule has 1 heterocycles. The molecule has 1 saturated heterocycles. The molecule has 0 spiro atoms. The highest BCUT2D eigenvalue weighted by Crippen LogP contribution is 2.33. The summed E-state index contributed by atoms with van der Waals surface area (Å²) in [4.78, 5) is 11.8. The molecule has 0 saturated carbocycles. The lowest BCUT2D eigenvalue weighted by molar-refractivity contribution is -0.129. The smallest absolute Gasteiger partial charge is 0.248 e. The van der Waals surface area contributed by atoms with E-state index in [1.807, 2.05) is 24.5 Å². The van der Waals surface area contributed by atoms with Crippen molar-refractivity contribution in [3.63, 3.8) is 0 Å². The number of nitrogens with one attached hydrogen (secondary N) is 1. The number of hydrogen-bond donors (Lipinski definition) is 2. The van der Waals surface area contributed by atoms with Gasteiger partial charge in [0.2, 0.25) is 5.91 Å². The maximum absolute atomic E-state index is 11.8. The van der Waals surface area contributed by atoms with E-state index in [-0.39, 0.29) is 17.9 Å². The number of hydrogen-bond acceptors (Lipinski definition) is 4. The van der Waals surface area contributed by atoms with Crippen molar-refractivity contribution in [1.29, 1.82) is 0 Å². The van der Waals surface area contributed by atoms with Crippen molar-refractivity contribution in [2.75, 3.05) is 25.2 Å². The number of benzene rings is 1. The molecular formula is C16H23NO3S. The van der Waals surface area contributed by atoms with Crippen LogP contribution in [-0.4, -0.2) is 42.3 Å². The summed E-state index contributed by atoms with van der Waals surface area (Å²) in [5.41, 5.74) is 1.15. The molecule has 1 aromatic rings. The summed E-state index contributed by atoms with van der Waals surface area (Å²) in [6.07, 6.45) is 2.52. The van der Waals surface area contributed by atoms with Crippen LogP contribution in [0.2, 0.25) is 0 Å². The van der Waals surface area contributed by atoms with Crippen molar-refractivity contribution in [1.82, 2.24) is 5.32 Å². The van der Waals surface area contributed by atoms with Crippen molar-refractivity contribution in [2.24, 2.45) is 5.92 Å². The number of aliphatic hydroxyl groups excluding tert-OH is 1. The molecule has 1 fully saturated rings. The van der Waals surface area contributed by atoms with Gasteiger partial charge in [-0.2, -0.15) is 11.8 Å². The van der Waals surface area contributed by atoms with Crippen LogP contribution >= 0.6 is 11.8 Å². The monoisotopic (exact) mass is 309 g/mol. The lowest BCUT2D eigenvalue weighted by Gasteiger charge is -2.20. The van der Waals surface area contributed by atoms with E-state index in [1.165, 1.54) is 0 Å². The molecule has 2 N–H and O–H groups in total. The zero-order valence-corrected chi connectivity index (χ0v) is 13.1. The van der Waals surface area contributed by atoms with Crippen LogP contribution in [0.25, 0.3) is 0 Å². The van der Waals surface area contributed by atoms with Crippen LogP contribution < -0.4 is 5.32 Å². The van der Waals surface area contributed by atoms with Crippen LogP contribution in [-0.2, 0) is 9.53 Å². The number of carbonyl (C=O) groups excluding carboxylic acids is 1. The quantitative estimate of drug-likeness (QED) is 0.809. The van der Waals surface area contributed by atoms with Crippen molar-refractivity contribution >= 4 is 17.7 Å². The number of amides is 1. The molecule has 3 atom stereocenters. The predicted octanol–water partition coefficient (Wildman–Crippen LogP) is 1.99. The minimum absolute atomic E-state index is 0.0369. The van der Waals surface area contributed by atoms with Gasteiger partial charge in [-0.15, -0.1) is 0 Å². The zero-order chi connectivity index (χ0) is 15.1. The maximum atomic E-state index is 11.8. The fourth-order valence-corrected chi connectivity index (χ4v) is 3.02. The first-order chi connectivity index (χ1) is 10.2. The van der Waals surface area contributed by atoms with Gasteiger partial charge in [-0.05, 0) is 30.4 Å². The molecule has 5 heteroatoms. The summed E-state index contributed by atoms with van der Waals surface area (Å²) in [6.45, 7) is 1.27. The molecular weight excluding hydrogens is 286 g/mol. The molecule has 2 rings (SSSR count). The van der Waals surface area contributed by atoms with Gasteiger partial charge in [-0.25, -0.2) is 0 Å². The van der Waals surface area contributed by atoms with E-state index in [9.17, 15) is 9.90 Å². The van der Waals surface area contributed by atoms with Gasteiger partial charge < -0.3 is 15.2 Å². The summed E-state index contributed by atoms with van der Waals surface area (Å²) in [6, 6.07) is 10.1. The average molecular weight is 309 g/mol. The first-order valence-corrected chi connectivity index (χ1v) is 8.73. The van der Waals surface area contributed by atoms with E-state index in [0.29, 0.717) is 13.0 Å². The first-order valence-electron chi connectivity index (χ1n) is 7.33. The first kappa shape index (κ1) is 16.3.